The van der Waals surface area contributed by atoms with Gasteiger partial charge >= 0.3 is 0 Å². The summed E-state index contributed by atoms with van der Waals surface area (Å²) in [6.45, 7) is 2.46. The standard InChI is InChI=1S/C20H22N2O3S/c1-16(23)22-14-12-18-15-19(10-11-20(18)22)26(24,25)21-13-6-5-9-17-7-3-2-4-8-17/h2-5,7-11,15,21H,6,12-14H2,1H3/b9-5+. The molecule has 3 rings (SSSR count). The Bertz CT molecular complexity index is 921. The number of sulfonamides is 1. The van der Waals surface area contributed by atoms with E-state index in [0.29, 0.717) is 25.9 Å². The zero-order valence-corrected chi connectivity index (χ0v) is 15.5. The van der Waals surface area contributed by atoms with Crippen LogP contribution >= 0.6 is 0 Å². The summed E-state index contributed by atoms with van der Waals surface area (Å²) in [4.78, 5) is 13.5. The van der Waals surface area contributed by atoms with Crippen LogP contribution in [0.4, 0.5) is 5.69 Å². The summed E-state index contributed by atoms with van der Waals surface area (Å²) in [5.41, 5.74) is 2.79. The Morgan fingerprint density at radius 2 is 1.96 bits per heavy atom. The molecule has 136 valence electrons. The van der Waals surface area contributed by atoms with Crippen LogP contribution in [0.3, 0.4) is 0 Å². The molecule has 26 heavy (non-hydrogen) atoms. The number of carbonyl (C=O) groups is 1. The van der Waals surface area contributed by atoms with E-state index < -0.39 is 10.0 Å². The fraction of sp³-hybridized carbons (Fsp3) is 0.250. The quantitative estimate of drug-likeness (QED) is 0.795. The van der Waals surface area contributed by atoms with Crippen molar-refractivity contribution >= 4 is 27.7 Å². The van der Waals surface area contributed by atoms with Gasteiger partial charge in [-0.2, -0.15) is 0 Å². The van der Waals surface area contributed by atoms with Gasteiger partial charge in [0.15, 0.2) is 0 Å². The Morgan fingerprint density at radius 1 is 1.19 bits per heavy atom. The van der Waals surface area contributed by atoms with E-state index in [2.05, 4.69) is 4.72 Å². The summed E-state index contributed by atoms with van der Waals surface area (Å²) >= 11 is 0. The summed E-state index contributed by atoms with van der Waals surface area (Å²) < 4.78 is 27.6. The average Bonchev–Trinajstić information content (AvgIpc) is 3.05. The number of hydrogen-bond donors (Lipinski definition) is 1. The molecule has 0 radical (unpaired) electrons. The highest BCUT2D eigenvalue weighted by atomic mass is 32.2. The molecule has 0 aliphatic carbocycles. The first-order valence-electron chi connectivity index (χ1n) is 8.60. The third-order valence-electron chi connectivity index (χ3n) is 4.35. The Kier molecular flexibility index (Phi) is 5.54. The van der Waals surface area contributed by atoms with Crippen LogP contribution in [0.15, 0.2) is 59.5 Å². The maximum atomic E-state index is 12.5. The van der Waals surface area contributed by atoms with Crippen LogP contribution in [-0.2, 0) is 21.2 Å². The maximum Gasteiger partial charge on any atom is 0.240 e. The molecule has 1 aliphatic rings. The van der Waals surface area contributed by atoms with Crippen molar-refractivity contribution in [1.29, 1.82) is 0 Å². The topological polar surface area (TPSA) is 66.5 Å². The second-order valence-electron chi connectivity index (χ2n) is 6.21. The fourth-order valence-electron chi connectivity index (χ4n) is 3.02. The van der Waals surface area contributed by atoms with E-state index in [0.717, 1.165) is 16.8 Å². The summed E-state index contributed by atoms with van der Waals surface area (Å²) in [6.07, 6.45) is 5.21. The first kappa shape index (κ1) is 18.4. The normalized spacial score (nSPS) is 14.0. The fourth-order valence-corrected chi connectivity index (χ4v) is 4.11. The van der Waals surface area contributed by atoms with Crippen LogP contribution < -0.4 is 9.62 Å². The van der Waals surface area contributed by atoms with Gasteiger partial charge in [-0.05, 0) is 42.2 Å². The highest BCUT2D eigenvalue weighted by molar-refractivity contribution is 7.89. The number of fused-ring (bicyclic) bond motifs is 1. The lowest BCUT2D eigenvalue weighted by Crippen LogP contribution is -2.26. The lowest BCUT2D eigenvalue weighted by Gasteiger charge is -2.15. The largest absolute Gasteiger partial charge is 0.312 e. The molecule has 0 bridgehead atoms. The summed E-state index contributed by atoms with van der Waals surface area (Å²) in [6, 6.07) is 14.8. The van der Waals surface area contributed by atoms with Crippen molar-refractivity contribution in [2.24, 2.45) is 0 Å². The SMILES string of the molecule is CC(=O)N1CCc2cc(S(=O)(=O)NCC/C=C/c3ccccc3)ccc21. The number of benzene rings is 2. The van der Waals surface area contributed by atoms with Crippen molar-refractivity contribution in [2.75, 3.05) is 18.0 Å². The van der Waals surface area contributed by atoms with E-state index in [4.69, 9.17) is 0 Å². The van der Waals surface area contributed by atoms with Crippen molar-refractivity contribution < 1.29 is 13.2 Å². The molecule has 0 fully saturated rings. The molecular formula is C20H22N2O3S. The van der Waals surface area contributed by atoms with Gasteiger partial charge in [-0.15, -0.1) is 0 Å². The Hall–Kier alpha value is -2.44. The van der Waals surface area contributed by atoms with E-state index >= 15 is 0 Å². The van der Waals surface area contributed by atoms with Crippen LogP contribution in [0.2, 0.25) is 0 Å². The van der Waals surface area contributed by atoms with E-state index in [1.807, 2.05) is 42.5 Å². The molecule has 0 aromatic heterocycles. The van der Waals surface area contributed by atoms with Crippen LogP contribution in [0.1, 0.15) is 24.5 Å². The lowest BCUT2D eigenvalue weighted by molar-refractivity contribution is -0.116. The van der Waals surface area contributed by atoms with Crippen molar-refractivity contribution in [1.82, 2.24) is 4.72 Å². The first-order valence-corrected chi connectivity index (χ1v) is 10.1. The van der Waals surface area contributed by atoms with Gasteiger partial charge in [0.05, 0.1) is 4.90 Å². The van der Waals surface area contributed by atoms with Crippen molar-refractivity contribution in [3.8, 4) is 0 Å². The van der Waals surface area contributed by atoms with Crippen LogP contribution in [-0.4, -0.2) is 27.4 Å². The molecule has 1 amide bonds. The zero-order chi connectivity index (χ0) is 18.6. The molecule has 1 N–H and O–H groups in total. The van der Waals surface area contributed by atoms with Crippen molar-refractivity contribution in [3.63, 3.8) is 0 Å². The first-order chi connectivity index (χ1) is 12.5. The second kappa shape index (κ2) is 7.85. The number of amides is 1. The Labute approximate surface area is 154 Å². The predicted octanol–water partition coefficient (Wildman–Crippen LogP) is 2.98. The van der Waals surface area contributed by atoms with Gasteiger partial charge in [0, 0.05) is 25.7 Å². The van der Waals surface area contributed by atoms with Gasteiger partial charge in [-0.3, -0.25) is 4.79 Å². The van der Waals surface area contributed by atoms with Gasteiger partial charge in [0.2, 0.25) is 15.9 Å². The minimum atomic E-state index is -3.55. The highest BCUT2D eigenvalue weighted by Crippen LogP contribution is 2.30. The van der Waals surface area contributed by atoms with Crippen molar-refractivity contribution in [2.45, 2.75) is 24.7 Å². The van der Waals surface area contributed by atoms with E-state index in [9.17, 15) is 13.2 Å². The van der Waals surface area contributed by atoms with E-state index in [1.54, 1.807) is 23.1 Å². The van der Waals surface area contributed by atoms with Crippen molar-refractivity contribution in [3.05, 3.63) is 65.7 Å². The number of carbonyl (C=O) groups excluding carboxylic acids is 1. The number of rotatable bonds is 6. The molecule has 1 aliphatic heterocycles. The second-order valence-corrected chi connectivity index (χ2v) is 7.98. The summed E-state index contributed by atoms with van der Waals surface area (Å²) in [5.74, 6) is -0.0253. The molecule has 0 atom stereocenters. The van der Waals surface area contributed by atoms with Crippen LogP contribution in [0, 0.1) is 0 Å². The molecule has 1 heterocycles. The summed E-state index contributed by atoms with van der Waals surface area (Å²) in [7, 11) is -3.55. The molecular weight excluding hydrogens is 348 g/mol. The molecule has 0 unspecified atom stereocenters. The van der Waals surface area contributed by atoms with Gasteiger partial charge in [-0.1, -0.05) is 42.5 Å². The minimum Gasteiger partial charge on any atom is -0.312 e. The monoisotopic (exact) mass is 370 g/mol. The molecule has 0 saturated heterocycles. The van der Waals surface area contributed by atoms with E-state index in [-0.39, 0.29) is 10.8 Å². The van der Waals surface area contributed by atoms with Crippen LogP contribution in [0.25, 0.3) is 6.08 Å². The lowest BCUT2D eigenvalue weighted by atomic mass is 10.2. The maximum absolute atomic E-state index is 12.5. The van der Waals surface area contributed by atoms with Gasteiger partial charge in [0.1, 0.15) is 0 Å². The number of nitrogens with one attached hydrogen (secondary N) is 1. The number of nitrogens with zero attached hydrogens (tertiary/aromatic N) is 1. The third kappa shape index (κ3) is 4.20. The molecule has 0 spiro atoms. The molecule has 6 heteroatoms. The number of anilines is 1. The smallest absolute Gasteiger partial charge is 0.240 e. The minimum absolute atomic E-state index is 0.0253. The zero-order valence-electron chi connectivity index (χ0n) is 14.7. The highest BCUT2D eigenvalue weighted by Gasteiger charge is 2.24. The van der Waals surface area contributed by atoms with Gasteiger partial charge in [0.25, 0.3) is 0 Å². The molecule has 2 aromatic rings. The predicted molar refractivity (Wildman–Crippen MR) is 103 cm³/mol. The number of hydrogen-bond acceptors (Lipinski definition) is 3. The Balaban J connectivity index is 1.60. The van der Waals surface area contributed by atoms with E-state index in [1.165, 1.54) is 6.92 Å². The summed E-state index contributed by atoms with van der Waals surface area (Å²) in [5, 5.41) is 0. The average molecular weight is 370 g/mol. The van der Waals surface area contributed by atoms with Gasteiger partial charge in [-0.25, -0.2) is 13.1 Å². The van der Waals surface area contributed by atoms with Crippen LogP contribution in [0.5, 0.6) is 0 Å². The molecule has 5 nitrogen and oxygen atoms in total. The Morgan fingerprint density at radius 3 is 2.69 bits per heavy atom. The molecule has 2 aromatic carbocycles. The van der Waals surface area contributed by atoms with Gasteiger partial charge < -0.3 is 4.90 Å². The third-order valence-corrected chi connectivity index (χ3v) is 5.81. The molecule has 0 saturated carbocycles.